The molecule has 2 amide bonds. The Bertz CT molecular complexity index is 833. The molecule has 0 radical (unpaired) electrons. The first-order valence-electron chi connectivity index (χ1n) is 10.1. The Kier molecular flexibility index (Phi) is 10.6. The van der Waals surface area contributed by atoms with Crippen LogP contribution in [0.4, 0.5) is 0 Å². The van der Waals surface area contributed by atoms with Gasteiger partial charge in [-0.25, -0.2) is 0 Å². The van der Waals surface area contributed by atoms with Gasteiger partial charge >= 0.3 is 0 Å². The summed E-state index contributed by atoms with van der Waals surface area (Å²) in [7, 11) is 0. The van der Waals surface area contributed by atoms with E-state index >= 15 is 0 Å². The molecule has 2 aromatic carbocycles. The summed E-state index contributed by atoms with van der Waals surface area (Å²) in [4.78, 5) is 27.5. The average molecular weight is 467 g/mol. The third-order valence-corrected chi connectivity index (χ3v) is 6.34. The summed E-state index contributed by atoms with van der Waals surface area (Å²) >= 11 is 13.5. The molecule has 7 heteroatoms. The van der Waals surface area contributed by atoms with Crippen molar-refractivity contribution < 1.29 is 9.59 Å². The fourth-order valence-electron chi connectivity index (χ4n) is 3.03. The Labute approximate surface area is 193 Å². The highest BCUT2D eigenvalue weighted by atomic mass is 35.5. The van der Waals surface area contributed by atoms with Crippen LogP contribution in [-0.2, 0) is 21.9 Å². The summed E-state index contributed by atoms with van der Waals surface area (Å²) in [5.41, 5.74) is 2.01. The molecule has 0 aliphatic carbocycles. The van der Waals surface area contributed by atoms with Crippen molar-refractivity contribution in [1.82, 2.24) is 10.2 Å². The number of nitrogens with zero attached hydrogens (tertiary/aromatic N) is 1. The molecule has 2 aromatic rings. The van der Waals surface area contributed by atoms with Gasteiger partial charge in [0.25, 0.3) is 0 Å². The molecule has 1 N–H and O–H groups in total. The van der Waals surface area contributed by atoms with Crippen molar-refractivity contribution in [3.05, 3.63) is 69.7 Å². The molecule has 0 bridgehead atoms. The molecule has 0 fully saturated rings. The highest BCUT2D eigenvalue weighted by Gasteiger charge is 2.28. The first-order valence-corrected chi connectivity index (χ1v) is 12.0. The van der Waals surface area contributed by atoms with E-state index in [0.29, 0.717) is 35.3 Å². The van der Waals surface area contributed by atoms with Gasteiger partial charge in [-0.3, -0.25) is 9.59 Å². The Morgan fingerprint density at radius 3 is 2.40 bits per heavy atom. The lowest BCUT2D eigenvalue weighted by molar-refractivity contribution is -0.139. The van der Waals surface area contributed by atoms with Crippen LogP contribution in [0, 0.1) is 0 Å². The van der Waals surface area contributed by atoms with Crippen molar-refractivity contribution in [1.29, 1.82) is 0 Å². The number of thioether (sulfide) groups is 1. The van der Waals surface area contributed by atoms with E-state index in [1.54, 1.807) is 11.0 Å². The minimum atomic E-state index is -0.491. The second-order valence-corrected chi connectivity index (χ2v) is 8.76. The SMILES string of the molecule is CCCNC(=O)[C@@H](CC)N(Cc1ccccc1)C(=O)CSCc1ccc(Cl)c(Cl)c1. The van der Waals surface area contributed by atoms with Gasteiger partial charge in [-0.2, -0.15) is 0 Å². The van der Waals surface area contributed by atoms with E-state index in [1.165, 1.54) is 11.8 Å². The molecule has 0 saturated carbocycles. The van der Waals surface area contributed by atoms with Gasteiger partial charge < -0.3 is 10.2 Å². The molecule has 0 aliphatic rings. The lowest BCUT2D eigenvalue weighted by atomic mass is 10.1. The van der Waals surface area contributed by atoms with E-state index in [9.17, 15) is 9.59 Å². The summed E-state index contributed by atoms with van der Waals surface area (Å²) in [5, 5.41) is 3.95. The van der Waals surface area contributed by atoms with Crippen LogP contribution in [0.1, 0.15) is 37.8 Å². The molecule has 0 spiro atoms. The van der Waals surface area contributed by atoms with Crippen molar-refractivity contribution in [2.45, 2.75) is 45.0 Å². The number of carbonyl (C=O) groups is 2. The first-order chi connectivity index (χ1) is 14.5. The molecular weight excluding hydrogens is 439 g/mol. The van der Waals surface area contributed by atoms with Crippen LogP contribution in [0.3, 0.4) is 0 Å². The molecular formula is C23H28Cl2N2O2S. The molecule has 2 rings (SSSR count). The molecule has 0 saturated heterocycles. The molecule has 162 valence electrons. The number of benzene rings is 2. The van der Waals surface area contributed by atoms with Gasteiger partial charge in [0.2, 0.25) is 11.8 Å². The van der Waals surface area contributed by atoms with Crippen LogP contribution >= 0.6 is 35.0 Å². The summed E-state index contributed by atoms with van der Waals surface area (Å²) in [6.07, 6.45) is 1.42. The second-order valence-electron chi connectivity index (χ2n) is 6.96. The lowest BCUT2D eigenvalue weighted by Crippen LogP contribution is -2.49. The molecule has 0 unspecified atom stereocenters. The van der Waals surface area contributed by atoms with Crippen LogP contribution in [0.5, 0.6) is 0 Å². The standard InChI is InChI=1S/C23H28Cl2N2O2S/c1-3-12-26-23(29)21(4-2)27(14-17-8-6-5-7-9-17)22(28)16-30-15-18-10-11-19(24)20(25)13-18/h5-11,13,21H,3-4,12,14-16H2,1-2H3,(H,26,29)/t21-/m1/s1. The Hall–Kier alpha value is -1.69. The van der Waals surface area contributed by atoms with Crippen LogP contribution in [0.25, 0.3) is 0 Å². The monoisotopic (exact) mass is 466 g/mol. The molecule has 0 aliphatic heterocycles. The third-order valence-electron chi connectivity index (χ3n) is 4.61. The van der Waals surface area contributed by atoms with Crippen LogP contribution in [-0.4, -0.2) is 35.1 Å². The second kappa shape index (κ2) is 12.9. The number of hydrogen-bond acceptors (Lipinski definition) is 3. The zero-order valence-electron chi connectivity index (χ0n) is 17.4. The third kappa shape index (κ3) is 7.53. The normalized spacial score (nSPS) is 11.7. The highest BCUT2D eigenvalue weighted by Crippen LogP contribution is 2.25. The van der Waals surface area contributed by atoms with Crippen molar-refractivity contribution in [2.24, 2.45) is 0 Å². The van der Waals surface area contributed by atoms with Gasteiger partial charge in [0, 0.05) is 18.8 Å². The topological polar surface area (TPSA) is 49.4 Å². The number of hydrogen-bond donors (Lipinski definition) is 1. The van der Waals surface area contributed by atoms with Crippen molar-refractivity contribution in [3.63, 3.8) is 0 Å². The zero-order chi connectivity index (χ0) is 21.9. The fraction of sp³-hybridized carbons (Fsp3) is 0.391. The van der Waals surface area contributed by atoms with Crippen LogP contribution in [0.15, 0.2) is 48.5 Å². The van der Waals surface area contributed by atoms with E-state index < -0.39 is 6.04 Å². The summed E-state index contributed by atoms with van der Waals surface area (Å²) in [6, 6.07) is 14.7. The van der Waals surface area contributed by atoms with Gasteiger partial charge in [0.05, 0.1) is 15.8 Å². The van der Waals surface area contributed by atoms with E-state index in [4.69, 9.17) is 23.2 Å². The maximum atomic E-state index is 13.1. The quantitative estimate of drug-likeness (QED) is 0.471. The average Bonchev–Trinajstić information content (AvgIpc) is 2.75. The van der Waals surface area contributed by atoms with Gasteiger partial charge in [0.1, 0.15) is 6.04 Å². The summed E-state index contributed by atoms with van der Waals surface area (Å²) < 4.78 is 0. The van der Waals surface area contributed by atoms with Gasteiger partial charge in [-0.1, -0.05) is 73.4 Å². The fourth-order valence-corrected chi connectivity index (χ4v) is 4.21. The van der Waals surface area contributed by atoms with Crippen molar-refractivity contribution in [2.75, 3.05) is 12.3 Å². The maximum Gasteiger partial charge on any atom is 0.242 e. The van der Waals surface area contributed by atoms with Gasteiger partial charge in [0.15, 0.2) is 0 Å². The first kappa shape index (κ1) is 24.6. The maximum absolute atomic E-state index is 13.1. The van der Waals surface area contributed by atoms with Gasteiger partial charge in [-0.15, -0.1) is 11.8 Å². The predicted octanol–water partition coefficient (Wildman–Crippen LogP) is 5.56. The number of rotatable bonds is 11. The predicted molar refractivity (Wildman–Crippen MR) is 127 cm³/mol. The minimum Gasteiger partial charge on any atom is -0.354 e. The van der Waals surface area contributed by atoms with Crippen molar-refractivity contribution >= 4 is 46.8 Å². The van der Waals surface area contributed by atoms with Gasteiger partial charge in [-0.05, 0) is 36.1 Å². The molecule has 4 nitrogen and oxygen atoms in total. The van der Waals surface area contributed by atoms with E-state index in [2.05, 4.69) is 5.32 Å². The van der Waals surface area contributed by atoms with Crippen LogP contribution in [0.2, 0.25) is 10.0 Å². The van der Waals surface area contributed by atoms with Crippen molar-refractivity contribution in [3.8, 4) is 0 Å². The van der Waals surface area contributed by atoms with Crippen LogP contribution < -0.4 is 5.32 Å². The molecule has 0 aromatic heterocycles. The number of amides is 2. The number of nitrogens with one attached hydrogen (secondary N) is 1. The number of halogens is 2. The Balaban J connectivity index is 2.08. The highest BCUT2D eigenvalue weighted by molar-refractivity contribution is 7.99. The molecule has 30 heavy (non-hydrogen) atoms. The smallest absolute Gasteiger partial charge is 0.242 e. The minimum absolute atomic E-state index is 0.0533. The van der Waals surface area contributed by atoms with E-state index in [-0.39, 0.29) is 17.6 Å². The molecule has 1 atom stereocenters. The van der Waals surface area contributed by atoms with E-state index in [0.717, 1.165) is 17.5 Å². The largest absolute Gasteiger partial charge is 0.354 e. The summed E-state index contributed by atoms with van der Waals surface area (Å²) in [5.74, 6) is 0.770. The Morgan fingerprint density at radius 1 is 1.03 bits per heavy atom. The molecule has 0 heterocycles. The zero-order valence-corrected chi connectivity index (χ0v) is 19.7. The van der Waals surface area contributed by atoms with E-state index in [1.807, 2.05) is 56.3 Å². The number of carbonyl (C=O) groups excluding carboxylic acids is 2. The summed E-state index contributed by atoms with van der Waals surface area (Å²) in [6.45, 7) is 4.96. The lowest BCUT2D eigenvalue weighted by Gasteiger charge is -2.30. The Morgan fingerprint density at radius 2 is 1.77 bits per heavy atom.